The average Bonchev–Trinajstić information content (AvgIpc) is 2.63. The van der Waals surface area contributed by atoms with Crippen molar-refractivity contribution >= 4 is 6.29 Å². The standard InChI is InChI=1S/C19H22O5/c1-22-9-10-23-17-7-8-18(16(12-20)13-21)19(11-17)24-14-15-5-3-2-4-6-15/h2-8,11-12,16,21H,9-10,13-14H2,1H3. The summed E-state index contributed by atoms with van der Waals surface area (Å²) >= 11 is 0. The summed E-state index contributed by atoms with van der Waals surface area (Å²) in [7, 11) is 1.61. The number of carbonyl (C=O) groups is 1. The van der Waals surface area contributed by atoms with Crippen LogP contribution in [-0.2, 0) is 16.1 Å². The second-order valence-electron chi connectivity index (χ2n) is 5.24. The van der Waals surface area contributed by atoms with Crippen molar-refractivity contribution in [1.29, 1.82) is 0 Å². The monoisotopic (exact) mass is 330 g/mol. The molecule has 1 atom stereocenters. The van der Waals surface area contributed by atoms with Crippen molar-refractivity contribution in [2.75, 3.05) is 26.9 Å². The summed E-state index contributed by atoms with van der Waals surface area (Å²) in [6.07, 6.45) is 0.718. The van der Waals surface area contributed by atoms with Gasteiger partial charge in [0.1, 0.15) is 31.0 Å². The molecule has 0 radical (unpaired) electrons. The molecule has 2 aromatic rings. The highest BCUT2D eigenvalue weighted by Crippen LogP contribution is 2.30. The predicted octanol–water partition coefficient (Wildman–Crippen LogP) is 2.57. The van der Waals surface area contributed by atoms with Crippen molar-refractivity contribution in [2.24, 2.45) is 0 Å². The van der Waals surface area contributed by atoms with Gasteiger partial charge in [-0.25, -0.2) is 0 Å². The Morgan fingerprint density at radius 2 is 1.88 bits per heavy atom. The van der Waals surface area contributed by atoms with E-state index in [1.807, 2.05) is 30.3 Å². The third-order valence-electron chi connectivity index (χ3n) is 3.54. The molecule has 0 aromatic heterocycles. The first-order valence-corrected chi connectivity index (χ1v) is 7.77. The molecule has 0 fully saturated rings. The van der Waals surface area contributed by atoms with Crippen molar-refractivity contribution in [3.63, 3.8) is 0 Å². The number of hydrogen-bond acceptors (Lipinski definition) is 5. The summed E-state index contributed by atoms with van der Waals surface area (Å²) in [4.78, 5) is 11.2. The lowest BCUT2D eigenvalue weighted by Crippen LogP contribution is -2.09. The van der Waals surface area contributed by atoms with E-state index >= 15 is 0 Å². The van der Waals surface area contributed by atoms with Gasteiger partial charge in [-0.1, -0.05) is 36.4 Å². The van der Waals surface area contributed by atoms with Crippen LogP contribution in [0.25, 0.3) is 0 Å². The Morgan fingerprint density at radius 3 is 2.54 bits per heavy atom. The Kier molecular flexibility index (Phi) is 7.26. The molecule has 128 valence electrons. The normalized spacial score (nSPS) is 11.8. The van der Waals surface area contributed by atoms with Crippen LogP contribution in [0.2, 0.25) is 0 Å². The SMILES string of the molecule is COCCOc1ccc(C(C=O)CO)c(OCc2ccccc2)c1. The Balaban J connectivity index is 2.18. The van der Waals surface area contributed by atoms with E-state index in [-0.39, 0.29) is 6.61 Å². The van der Waals surface area contributed by atoms with Crippen LogP contribution in [0.5, 0.6) is 11.5 Å². The maximum absolute atomic E-state index is 11.2. The molecule has 0 amide bonds. The van der Waals surface area contributed by atoms with E-state index in [0.29, 0.717) is 36.9 Å². The van der Waals surface area contributed by atoms with Gasteiger partial charge >= 0.3 is 0 Å². The number of aliphatic hydroxyl groups excluding tert-OH is 1. The van der Waals surface area contributed by atoms with Crippen LogP contribution < -0.4 is 9.47 Å². The molecule has 1 N–H and O–H groups in total. The second kappa shape index (κ2) is 9.70. The topological polar surface area (TPSA) is 65.0 Å². The van der Waals surface area contributed by atoms with Gasteiger partial charge in [-0.05, 0) is 11.6 Å². The summed E-state index contributed by atoms with van der Waals surface area (Å²) in [6, 6.07) is 15.0. The fourth-order valence-electron chi connectivity index (χ4n) is 2.23. The fourth-order valence-corrected chi connectivity index (χ4v) is 2.23. The van der Waals surface area contributed by atoms with Crippen LogP contribution in [0, 0.1) is 0 Å². The van der Waals surface area contributed by atoms with E-state index in [1.54, 1.807) is 25.3 Å². The molecule has 5 nitrogen and oxygen atoms in total. The zero-order chi connectivity index (χ0) is 17.2. The first-order valence-electron chi connectivity index (χ1n) is 7.77. The van der Waals surface area contributed by atoms with Crippen molar-refractivity contribution in [2.45, 2.75) is 12.5 Å². The van der Waals surface area contributed by atoms with E-state index in [4.69, 9.17) is 14.2 Å². The maximum Gasteiger partial charge on any atom is 0.129 e. The number of aldehydes is 1. The third-order valence-corrected chi connectivity index (χ3v) is 3.54. The predicted molar refractivity (Wildman–Crippen MR) is 90.5 cm³/mol. The fraction of sp³-hybridized carbons (Fsp3) is 0.316. The highest BCUT2D eigenvalue weighted by Gasteiger charge is 2.16. The zero-order valence-electron chi connectivity index (χ0n) is 13.7. The number of aliphatic hydroxyl groups is 1. The first-order chi connectivity index (χ1) is 11.8. The molecule has 2 aromatic carbocycles. The summed E-state index contributed by atoms with van der Waals surface area (Å²) in [6.45, 7) is 1.00. The van der Waals surface area contributed by atoms with Crippen molar-refractivity contribution in [3.05, 3.63) is 59.7 Å². The largest absolute Gasteiger partial charge is 0.491 e. The molecule has 0 spiro atoms. The molecule has 24 heavy (non-hydrogen) atoms. The molecule has 0 bridgehead atoms. The summed E-state index contributed by atoms with van der Waals surface area (Å²) in [5.41, 5.74) is 1.66. The van der Waals surface area contributed by atoms with Gasteiger partial charge in [0.2, 0.25) is 0 Å². The molecule has 0 saturated heterocycles. The molecule has 0 aliphatic rings. The van der Waals surface area contributed by atoms with Crippen LogP contribution in [-0.4, -0.2) is 38.3 Å². The Hall–Kier alpha value is -2.37. The van der Waals surface area contributed by atoms with Crippen LogP contribution >= 0.6 is 0 Å². The van der Waals surface area contributed by atoms with Gasteiger partial charge in [0, 0.05) is 18.7 Å². The molecule has 1 unspecified atom stereocenters. The second-order valence-corrected chi connectivity index (χ2v) is 5.24. The highest BCUT2D eigenvalue weighted by molar-refractivity contribution is 5.65. The molecule has 5 heteroatoms. The maximum atomic E-state index is 11.2. The Bertz CT molecular complexity index is 627. The zero-order valence-corrected chi connectivity index (χ0v) is 13.7. The molecule has 0 aliphatic heterocycles. The lowest BCUT2D eigenvalue weighted by molar-refractivity contribution is -0.109. The van der Waals surface area contributed by atoms with Crippen molar-refractivity contribution in [3.8, 4) is 11.5 Å². The van der Waals surface area contributed by atoms with E-state index in [9.17, 15) is 9.90 Å². The lowest BCUT2D eigenvalue weighted by atomic mass is 10.0. The van der Waals surface area contributed by atoms with E-state index in [1.165, 1.54) is 0 Å². The van der Waals surface area contributed by atoms with Gasteiger partial charge < -0.3 is 24.1 Å². The number of carbonyl (C=O) groups excluding carboxylic acids is 1. The van der Waals surface area contributed by atoms with Crippen molar-refractivity contribution < 1.29 is 24.1 Å². The number of ether oxygens (including phenoxy) is 3. The number of rotatable bonds is 10. The van der Waals surface area contributed by atoms with Gasteiger partial charge in [-0.3, -0.25) is 0 Å². The third kappa shape index (κ3) is 5.08. The van der Waals surface area contributed by atoms with Gasteiger partial charge in [0.25, 0.3) is 0 Å². The van der Waals surface area contributed by atoms with Crippen molar-refractivity contribution in [1.82, 2.24) is 0 Å². The number of benzene rings is 2. The van der Waals surface area contributed by atoms with E-state index < -0.39 is 5.92 Å². The molecular weight excluding hydrogens is 308 g/mol. The summed E-state index contributed by atoms with van der Waals surface area (Å²) in [5.74, 6) is 0.533. The molecule has 2 rings (SSSR count). The van der Waals surface area contributed by atoms with Crippen LogP contribution in [0.4, 0.5) is 0 Å². The summed E-state index contributed by atoms with van der Waals surface area (Å²) < 4.78 is 16.4. The molecular formula is C19H22O5. The quantitative estimate of drug-likeness (QED) is 0.536. The first kappa shape index (κ1) is 18.0. The lowest BCUT2D eigenvalue weighted by Gasteiger charge is -2.16. The number of methoxy groups -OCH3 is 1. The molecule has 0 heterocycles. The van der Waals surface area contributed by atoms with Gasteiger partial charge in [0.15, 0.2) is 0 Å². The van der Waals surface area contributed by atoms with E-state index in [0.717, 1.165) is 11.8 Å². The molecule has 0 aliphatic carbocycles. The minimum absolute atomic E-state index is 0.269. The minimum Gasteiger partial charge on any atom is -0.491 e. The highest BCUT2D eigenvalue weighted by atomic mass is 16.5. The van der Waals surface area contributed by atoms with Crippen LogP contribution in [0.1, 0.15) is 17.0 Å². The van der Waals surface area contributed by atoms with Gasteiger partial charge in [-0.15, -0.1) is 0 Å². The van der Waals surface area contributed by atoms with E-state index in [2.05, 4.69) is 0 Å². The smallest absolute Gasteiger partial charge is 0.129 e. The molecule has 0 saturated carbocycles. The van der Waals surface area contributed by atoms with Crippen LogP contribution in [0.3, 0.4) is 0 Å². The van der Waals surface area contributed by atoms with Gasteiger partial charge in [-0.2, -0.15) is 0 Å². The van der Waals surface area contributed by atoms with Gasteiger partial charge in [0.05, 0.1) is 19.1 Å². The Morgan fingerprint density at radius 1 is 1.08 bits per heavy atom. The van der Waals surface area contributed by atoms with Crippen LogP contribution in [0.15, 0.2) is 48.5 Å². The average molecular weight is 330 g/mol. The number of hydrogen-bond donors (Lipinski definition) is 1. The minimum atomic E-state index is -0.621. The summed E-state index contributed by atoms with van der Waals surface area (Å²) in [5, 5.41) is 9.40. The Labute approximate surface area is 141 Å².